The molecular formula is C25H30N2O2. The fraction of sp³-hybridized carbons (Fsp3) is 0.480. The van der Waals surface area contributed by atoms with Gasteiger partial charge >= 0.3 is 0 Å². The molecule has 4 heteroatoms. The molecule has 0 unspecified atom stereocenters. The molecule has 5 rings (SSSR count). The molecule has 2 aromatic carbocycles. The molecule has 2 bridgehead atoms. The van der Waals surface area contributed by atoms with Gasteiger partial charge in [-0.1, -0.05) is 48.0 Å². The highest BCUT2D eigenvalue weighted by Gasteiger charge is 2.63. The molecule has 4 atom stereocenters. The van der Waals surface area contributed by atoms with Crippen molar-refractivity contribution in [2.24, 2.45) is 11.8 Å². The number of hydrogen-bond acceptors (Lipinski definition) is 3. The molecule has 3 fully saturated rings. The van der Waals surface area contributed by atoms with Gasteiger partial charge in [-0.05, 0) is 51.1 Å². The maximum absolute atomic E-state index is 13.6. The Bertz CT molecular complexity index is 940. The SMILES string of the molecule is Cc1cccc(-c2ccccc2C(=O)N2C[C@@H]3[C@H](CN(C)C)[C@H]4CC[C@]3(C2)O4)c1. The van der Waals surface area contributed by atoms with E-state index < -0.39 is 0 Å². The molecule has 2 aromatic rings. The molecule has 1 amide bonds. The smallest absolute Gasteiger partial charge is 0.254 e. The van der Waals surface area contributed by atoms with Crippen LogP contribution in [0.25, 0.3) is 11.1 Å². The van der Waals surface area contributed by atoms with Crippen LogP contribution in [0.4, 0.5) is 0 Å². The first kappa shape index (κ1) is 18.8. The predicted octanol–water partition coefficient (Wildman–Crippen LogP) is 3.84. The van der Waals surface area contributed by atoms with Gasteiger partial charge in [-0.3, -0.25) is 4.79 Å². The van der Waals surface area contributed by atoms with E-state index in [9.17, 15) is 4.79 Å². The molecule has 0 N–H and O–H groups in total. The molecule has 3 saturated heterocycles. The van der Waals surface area contributed by atoms with Crippen molar-refractivity contribution in [2.45, 2.75) is 31.5 Å². The lowest BCUT2D eigenvalue weighted by Crippen LogP contribution is -2.40. The molecule has 1 spiro atoms. The van der Waals surface area contributed by atoms with E-state index >= 15 is 0 Å². The van der Waals surface area contributed by atoms with E-state index in [0.29, 0.717) is 17.9 Å². The molecule has 3 aliphatic rings. The van der Waals surface area contributed by atoms with Crippen molar-refractivity contribution in [3.05, 3.63) is 59.7 Å². The summed E-state index contributed by atoms with van der Waals surface area (Å²) < 4.78 is 6.52. The standard InChI is InChI=1S/C25H30N2O2/c1-17-7-6-8-18(13-17)19-9-4-5-10-20(19)24(28)27-15-22-21(14-26(2)3)23-11-12-25(22,16-27)29-23/h4-10,13,21-23H,11-12,14-16H2,1-3H3/t21-,22+,23+,25+/m0/s1. The van der Waals surface area contributed by atoms with Crippen LogP contribution in [0.5, 0.6) is 0 Å². The second-order valence-corrected chi connectivity index (χ2v) is 9.39. The Morgan fingerprint density at radius 2 is 2.03 bits per heavy atom. The minimum absolute atomic E-state index is 0.112. The number of benzene rings is 2. The van der Waals surface area contributed by atoms with Gasteiger partial charge < -0.3 is 14.5 Å². The van der Waals surface area contributed by atoms with E-state index in [1.165, 1.54) is 5.56 Å². The molecule has 3 aliphatic heterocycles. The van der Waals surface area contributed by atoms with Crippen LogP contribution in [-0.2, 0) is 4.74 Å². The fourth-order valence-corrected chi connectivity index (χ4v) is 5.92. The Hall–Kier alpha value is -2.17. The van der Waals surface area contributed by atoms with Gasteiger partial charge in [-0.2, -0.15) is 0 Å². The van der Waals surface area contributed by atoms with E-state index in [-0.39, 0.29) is 11.5 Å². The summed E-state index contributed by atoms with van der Waals surface area (Å²) in [5.41, 5.74) is 4.02. The summed E-state index contributed by atoms with van der Waals surface area (Å²) in [5, 5.41) is 0. The topological polar surface area (TPSA) is 32.8 Å². The van der Waals surface area contributed by atoms with E-state index in [0.717, 1.165) is 49.2 Å². The number of ether oxygens (including phenoxy) is 1. The number of carbonyl (C=O) groups is 1. The molecule has 0 radical (unpaired) electrons. The second kappa shape index (κ2) is 6.96. The van der Waals surface area contributed by atoms with Gasteiger partial charge in [0.2, 0.25) is 0 Å². The van der Waals surface area contributed by atoms with E-state index in [1.54, 1.807) is 0 Å². The fourth-order valence-electron chi connectivity index (χ4n) is 5.92. The second-order valence-electron chi connectivity index (χ2n) is 9.39. The third kappa shape index (κ3) is 3.10. The highest BCUT2D eigenvalue weighted by atomic mass is 16.5. The number of nitrogens with zero attached hydrogens (tertiary/aromatic N) is 2. The molecule has 0 aromatic heterocycles. The first-order valence-corrected chi connectivity index (χ1v) is 10.7. The highest BCUT2D eigenvalue weighted by Crippen LogP contribution is 2.55. The monoisotopic (exact) mass is 390 g/mol. The quantitative estimate of drug-likeness (QED) is 0.795. The Kier molecular flexibility index (Phi) is 4.52. The molecule has 0 saturated carbocycles. The molecule has 4 nitrogen and oxygen atoms in total. The predicted molar refractivity (Wildman–Crippen MR) is 115 cm³/mol. The van der Waals surface area contributed by atoms with Crippen molar-refractivity contribution < 1.29 is 9.53 Å². The summed E-state index contributed by atoms with van der Waals surface area (Å²) in [6, 6.07) is 16.4. The summed E-state index contributed by atoms with van der Waals surface area (Å²) in [5.74, 6) is 1.13. The Labute approximate surface area is 173 Å². The summed E-state index contributed by atoms with van der Waals surface area (Å²) >= 11 is 0. The Balaban J connectivity index is 1.43. The Morgan fingerprint density at radius 3 is 2.83 bits per heavy atom. The lowest BCUT2D eigenvalue weighted by Gasteiger charge is -2.30. The van der Waals surface area contributed by atoms with Crippen LogP contribution in [0.1, 0.15) is 28.8 Å². The number of carbonyl (C=O) groups excluding carboxylic acids is 1. The Morgan fingerprint density at radius 1 is 1.21 bits per heavy atom. The third-order valence-corrected chi connectivity index (χ3v) is 7.13. The van der Waals surface area contributed by atoms with Crippen LogP contribution in [0.15, 0.2) is 48.5 Å². The van der Waals surface area contributed by atoms with Gasteiger partial charge in [0.05, 0.1) is 18.2 Å². The van der Waals surface area contributed by atoms with Crippen LogP contribution < -0.4 is 0 Å². The number of aryl methyl sites for hydroxylation is 1. The summed E-state index contributed by atoms with van der Waals surface area (Å²) in [6.07, 6.45) is 2.60. The zero-order valence-electron chi connectivity index (χ0n) is 17.6. The average molecular weight is 391 g/mol. The zero-order valence-corrected chi connectivity index (χ0v) is 17.6. The lowest BCUT2D eigenvalue weighted by molar-refractivity contribution is 0.00257. The lowest BCUT2D eigenvalue weighted by atomic mass is 9.73. The van der Waals surface area contributed by atoms with Gasteiger partial charge in [0.1, 0.15) is 0 Å². The number of hydrogen-bond donors (Lipinski definition) is 0. The van der Waals surface area contributed by atoms with Crippen molar-refractivity contribution in [3.63, 3.8) is 0 Å². The summed E-state index contributed by atoms with van der Waals surface area (Å²) in [4.78, 5) is 17.9. The first-order valence-electron chi connectivity index (χ1n) is 10.7. The normalized spacial score (nSPS) is 30.2. The summed E-state index contributed by atoms with van der Waals surface area (Å²) in [6.45, 7) is 4.68. The molecule has 152 valence electrons. The van der Waals surface area contributed by atoms with Crippen molar-refractivity contribution >= 4 is 5.91 Å². The maximum atomic E-state index is 13.6. The van der Waals surface area contributed by atoms with Crippen molar-refractivity contribution in [1.29, 1.82) is 0 Å². The van der Waals surface area contributed by atoms with E-state index in [2.05, 4.69) is 61.2 Å². The number of amides is 1. The number of rotatable bonds is 4. The zero-order chi connectivity index (χ0) is 20.2. The van der Waals surface area contributed by atoms with Gasteiger partial charge in [0.15, 0.2) is 0 Å². The first-order chi connectivity index (χ1) is 14.0. The molecule has 0 aliphatic carbocycles. The minimum Gasteiger partial charge on any atom is -0.369 e. The van der Waals surface area contributed by atoms with Gasteiger partial charge in [0.25, 0.3) is 5.91 Å². The van der Waals surface area contributed by atoms with Gasteiger partial charge in [-0.25, -0.2) is 0 Å². The molecular weight excluding hydrogens is 360 g/mol. The van der Waals surface area contributed by atoms with Crippen LogP contribution >= 0.6 is 0 Å². The highest BCUT2D eigenvalue weighted by molar-refractivity contribution is 6.01. The summed E-state index contributed by atoms with van der Waals surface area (Å²) in [7, 11) is 4.27. The van der Waals surface area contributed by atoms with Crippen molar-refractivity contribution in [1.82, 2.24) is 9.80 Å². The molecule has 29 heavy (non-hydrogen) atoms. The van der Waals surface area contributed by atoms with Gasteiger partial charge in [-0.15, -0.1) is 0 Å². The van der Waals surface area contributed by atoms with Crippen LogP contribution in [0.2, 0.25) is 0 Å². The van der Waals surface area contributed by atoms with E-state index in [1.807, 2.05) is 18.2 Å². The van der Waals surface area contributed by atoms with Crippen molar-refractivity contribution in [3.8, 4) is 11.1 Å². The van der Waals surface area contributed by atoms with Crippen LogP contribution in [-0.4, -0.2) is 61.1 Å². The van der Waals surface area contributed by atoms with Gasteiger partial charge in [0, 0.05) is 30.5 Å². The molecule has 3 heterocycles. The van der Waals surface area contributed by atoms with Crippen LogP contribution in [0, 0.1) is 18.8 Å². The number of likely N-dealkylation sites (tertiary alicyclic amines) is 1. The number of fused-ring (bicyclic) bond motifs is 1. The van der Waals surface area contributed by atoms with Crippen molar-refractivity contribution in [2.75, 3.05) is 33.7 Å². The third-order valence-electron chi connectivity index (χ3n) is 7.13. The minimum atomic E-state index is -0.112. The largest absolute Gasteiger partial charge is 0.369 e. The maximum Gasteiger partial charge on any atom is 0.254 e. The average Bonchev–Trinajstić information content (AvgIpc) is 3.37. The van der Waals surface area contributed by atoms with E-state index in [4.69, 9.17) is 4.74 Å². The van der Waals surface area contributed by atoms with Crippen LogP contribution in [0.3, 0.4) is 0 Å².